The second kappa shape index (κ2) is 5.49. The Balaban J connectivity index is 2.55. The van der Waals surface area contributed by atoms with Crippen LogP contribution >= 0.6 is 0 Å². The highest BCUT2D eigenvalue weighted by Crippen LogP contribution is 2.28. The first-order chi connectivity index (χ1) is 9.85. The van der Waals surface area contributed by atoms with Crippen LogP contribution in [0, 0.1) is 17.0 Å². The summed E-state index contributed by atoms with van der Waals surface area (Å²) in [5.74, 6) is 0.239. The second-order valence-electron chi connectivity index (χ2n) is 4.32. The molecule has 1 heterocycles. The van der Waals surface area contributed by atoms with Crippen LogP contribution in [0.1, 0.15) is 5.56 Å². The SMILES string of the molecule is Cc1c([N+](=O)[O-])cccc1S(=O)(=O)N(C)c1ccccn1. The molecule has 0 amide bonds. The van der Waals surface area contributed by atoms with Crippen LogP contribution in [0.15, 0.2) is 47.5 Å². The number of rotatable bonds is 4. The Morgan fingerprint density at radius 2 is 1.90 bits per heavy atom. The van der Waals surface area contributed by atoms with Crippen molar-refractivity contribution in [3.63, 3.8) is 0 Å². The molecule has 0 aliphatic carbocycles. The average molecular weight is 307 g/mol. The Kier molecular flexibility index (Phi) is 3.90. The highest BCUT2D eigenvalue weighted by atomic mass is 32.2. The van der Waals surface area contributed by atoms with E-state index in [1.807, 2.05) is 0 Å². The van der Waals surface area contributed by atoms with Crippen molar-refractivity contribution in [3.8, 4) is 0 Å². The van der Waals surface area contributed by atoms with E-state index in [1.54, 1.807) is 18.2 Å². The van der Waals surface area contributed by atoms with E-state index in [0.717, 1.165) is 4.31 Å². The summed E-state index contributed by atoms with van der Waals surface area (Å²) in [5, 5.41) is 10.9. The molecule has 0 atom stereocenters. The van der Waals surface area contributed by atoms with Crippen LogP contribution in [-0.4, -0.2) is 25.4 Å². The minimum Gasteiger partial charge on any atom is -0.258 e. The minimum atomic E-state index is -3.91. The summed E-state index contributed by atoms with van der Waals surface area (Å²) in [7, 11) is -2.56. The normalized spacial score (nSPS) is 11.1. The van der Waals surface area contributed by atoms with Crippen LogP contribution in [0.3, 0.4) is 0 Å². The van der Waals surface area contributed by atoms with Crippen molar-refractivity contribution in [2.45, 2.75) is 11.8 Å². The molecule has 0 aliphatic rings. The van der Waals surface area contributed by atoms with Crippen molar-refractivity contribution in [1.82, 2.24) is 4.98 Å². The topological polar surface area (TPSA) is 93.4 Å². The van der Waals surface area contributed by atoms with Crippen molar-refractivity contribution in [1.29, 1.82) is 0 Å². The third-order valence-corrected chi connectivity index (χ3v) is 4.97. The lowest BCUT2D eigenvalue weighted by atomic mass is 10.2. The second-order valence-corrected chi connectivity index (χ2v) is 6.26. The van der Waals surface area contributed by atoms with Gasteiger partial charge in [0.05, 0.1) is 9.82 Å². The van der Waals surface area contributed by atoms with Gasteiger partial charge in [-0.15, -0.1) is 0 Å². The van der Waals surface area contributed by atoms with Crippen LogP contribution in [0.5, 0.6) is 0 Å². The molecule has 21 heavy (non-hydrogen) atoms. The first-order valence-corrected chi connectivity index (χ1v) is 7.43. The van der Waals surface area contributed by atoms with Gasteiger partial charge in [-0.05, 0) is 25.1 Å². The Morgan fingerprint density at radius 1 is 1.19 bits per heavy atom. The number of nitrogens with zero attached hydrogens (tertiary/aromatic N) is 3. The highest BCUT2D eigenvalue weighted by Gasteiger charge is 2.27. The predicted octanol–water partition coefficient (Wildman–Crippen LogP) is 2.12. The average Bonchev–Trinajstić information content (AvgIpc) is 2.47. The van der Waals surface area contributed by atoms with Gasteiger partial charge in [0, 0.05) is 24.9 Å². The fourth-order valence-electron chi connectivity index (χ4n) is 1.89. The fraction of sp³-hybridized carbons (Fsp3) is 0.154. The fourth-order valence-corrected chi connectivity index (χ4v) is 3.28. The van der Waals surface area contributed by atoms with Crippen LogP contribution in [0.25, 0.3) is 0 Å². The maximum absolute atomic E-state index is 12.6. The first-order valence-electron chi connectivity index (χ1n) is 5.99. The molecule has 0 N–H and O–H groups in total. The predicted molar refractivity (Wildman–Crippen MR) is 77.7 cm³/mol. The van der Waals surface area contributed by atoms with Crippen LogP contribution in [0.2, 0.25) is 0 Å². The van der Waals surface area contributed by atoms with Crippen molar-refractivity contribution >= 4 is 21.5 Å². The summed E-state index contributed by atoms with van der Waals surface area (Å²) >= 11 is 0. The van der Waals surface area contributed by atoms with Crippen molar-refractivity contribution in [2.24, 2.45) is 0 Å². The Bertz CT molecular complexity index is 775. The summed E-state index contributed by atoms with van der Waals surface area (Å²) in [5.41, 5.74) is -0.129. The number of anilines is 1. The molecule has 8 heteroatoms. The number of hydrogen-bond donors (Lipinski definition) is 0. The van der Waals surface area contributed by atoms with E-state index in [0.29, 0.717) is 0 Å². The molecule has 0 fully saturated rings. The van der Waals surface area contributed by atoms with Gasteiger partial charge in [0.15, 0.2) is 0 Å². The molecule has 0 saturated heterocycles. The molecule has 0 saturated carbocycles. The monoisotopic (exact) mass is 307 g/mol. The van der Waals surface area contributed by atoms with Gasteiger partial charge < -0.3 is 0 Å². The van der Waals surface area contributed by atoms with Crippen molar-refractivity contribution < 1.29 is 13.3 Å². The van der Waals surface area contributed by atoms with Gasteiger partial charge >= 0.3 is 0 Å². The lowest BCUT2D eigenvalue weighted by Crippen LogP contribution is -2.28. The number of pyridine rings is 1. The summed E-state index contributed by atoms with van der Waals surface area (Å²) in [6, 6.07) is 8.85. The molecular formula is C13H13N3O4S. The standard InChI is InChI=1S/C13H13N3O4S/c1-10-11(16(17)18)6-5-7-12(10)21(19,20)15(2)13-8-3-4-9-14-13/h3-9H,1-2H3. The zero-order valence-corrected chi connectivity index (χ0v) is 12.2. The van der Waals surface area contributed by atoms with E-state index < -0.39 is 14.9 Å². The molecule has 1 aromatic carbocycles. The van der Waals surface area contributed by atoms with Gasteiger partial charge in [-0.2, -0.15) is 0 Å². The highest BCUT2D eigenvalue weighted by molar-refractivity contribution is 7.92. The van der Waals surface area contributed by atoms with Gasteiger partial charge in [-0.25, -0.2) is 13.4 Å². The number of benzene rings is 1. The molecule has 110 valence electrons. The molecule has 2 aromatic rings. The summed E-state index contributed by atoms with van der Waals surface area (Å²) in [6.07, 6.45) is 1.47. The van der Waals surface area contributed by atoms with Gasteiger partial charge in [-0.1, -0.05) is 12.1 Å². The summed E-state index contributed by atoms with van der Waals surface area (Å²) in [4.78, 5) is 14.2. The van der Waals surface area contributed by atoms with E-state index >= 15 is 0 Å². The zero-order chi connectivity index (χ0) is 15.6. The molecule has 0 spiro atoms. The Morgan fingerprint density at radius 3 is 2.48 bits per heavy atom. The smallest absolute Gasteiger partial charge is 0.258 e. The third kappa shape index (κ3) is 2.70. The van der Waals surface area contributed by atoms with E-state index in [4.69, 9.17) is 0 Å². The molecule has 0 radical (unpaired) electrons. The maximum atomic E-state index is 12.6. The minimum absolute atomic E-state index is 0.102. The summed E-state index contributed by atoms with van der Waals surface area (Å²) < 4.78 is 26.2. The van der Waals surface area contributed by atoms with Crippen molar-refractivity contribution in [2.75, 3.05) is 11.4 Å². The molecule has 0 aliphatic heterocycles. The van der Waals surface area contributed by atoms with Gasteiger partial charge in [0.25, 0.3) is 15.7 Å². The number of nitro benzene ring substituents is 1. The van der Waals surface area contributed by atoms with Gasteiger partial charge in [-0.3, -0.25) is 14.4 Å². The molecule has 0 unspecified atom stereocenters. The lowest BCUT2D eigenvalue weighted by molar-refractivity contribution is -0.385. The van der Waals surface area contributed by atoms with E-state index in [-0.39, 0.29) is 22.0 Å². The number of aromatic nitrogens is 1. The maximum Gasteiger partial charge on any atom is 0.273 e. The van der Waals surface area contributed by atoms with Crippen molar-refractivity contribution in [3.05, 3.63) is 58.3 Å². The van der Waals surface area contributed by atoms with Gasteiger partial charge in [0.1, 0.15) is 5.82 Å². The molecule has 0 bridgehead atoms. The Labute approximate surface area is 122 Å². The van der Waals surface area contributed by atoms with Crippen LogP contribution in [-0.2, 0) is 10.0 Å². The third-order valence-electron chi connectivity index (χ3n) is 3.06. The first kappa shape index (κ1) is 14.9. The lowest BCUT2D eigenvalue weighted by Gasteiger charge is -2.19. The number of nitro groups is 1. The number of sulfonamides is 1. The van der Waals surface area contributed by atoms with E-state index in [1.165, 1.54) is 38.4 Å². The molecular weight excluding hydrogens is 294 g/mol. The van der Waals surface area contributed by atoms with Crippen LogP contribution < -0.4 is 4.31 Å². The largest absolute Gasteiger partial charge is 0.273 e. The quantitative estimate of drug-likeness (QED) is 0.637. The van der Waals surface area contributed by atoms with Crippen LogP contribution in [0.4, 0.5) is 11.5 Å². The molecule has 2 rings (SSSR count). The van der Waals surface area contributed by atoms with E-state index in [2.05, 4.69) is 4.98 Å². The van der Waals surface area contributed by atoms with Gasteiger partial charge in [0.2, 0.25) is 0 Å². The zero-order valence-electron chi connectivity index (χ0n) is 11.4. The molecule has 7 nitrogen and oxygen atoms in total. The summed E-state index contributed by atoms with van der Waals surface area (Å²) in [6.45, 7) is 1.41. The van der Waals surface area contributed by atoms with E-state index in [9.17, 15) is 18.5 Å². The number of hydrogen-bond acceptors (Lipinski definition) is 5. The molecule has 1 aromatic heterocycles. The Hall–Kier alpha value is -2.48.